The van der Waals surface area contributed by atoms with Crippen LogP contribution in [0.2, 0.25) is 5.02 Å². The molecule has 0 amide bonds. The Morgan fingerprint density at radius 1 is 1.47 bits per heavy atom. The van der Waals surface area contributed by atoms with Gasteiger partial charge in [0.05, 0.1) is 16.3 Å². The lowest BCUT2D eigenvalue weighted by atomic mass is 10.2. The fourth-order valence-electron chi connectivity index (χ4n) is 2.11. The number of nitrogens with zero attached hydrogens (tertiary/aromatic N) is 1. The van der Waals surface area contributed by atoms with Crippen molar-refractivity contribution in [3.8, 4) is 0 Å². The molecule has 2 heterocycles. The molecule has 0 aliphatic carbocycles. The molecule has 0 bridgehead atoms. The average molecular weight is 269 g/mol. The number of nitrogens with two attached hydrogens (primary N) is 1. The normalized spacial score (nSPS) is 24.6. The summed E-state index contributed by atoms with van der Waals surface area (Å²) in [6.07, 6.45) is 2.34. The van der Waals surface area contributed by atoms with E-state index >= 15 is 0 Å². The number of rotatable bonds is 2. The SMILES string of the molecule is NCC1CCC(c2nc3ccc(Cl)cc3s2)O1. The number of ether oxygens (including phenoxy) is 1. The van der Waals surface area contributed by atoms with Crippen molar-refractivity contribution in [2.75, 3.05) is 6.54 Å². The molecule has 0 spiro atoms. The Morgan fingerprint density at radius 2 is 2.35 bits per heavy atom. The first-order valence-corrected chi connectivity index (χ1v) is 6.87. The maximum absolute atomic E-state index is 5.96. The van der Waals surface area contributed by atoms with Gasteiger partial charge in [0, 0.05) is 11.6 Å². The Bertz CT molecular complexity index is 542. The van der Waals surface area contributed by atoms with E-state index in [1.165, 1.54) is 0 Å². The first-order valence-electron chi connectivity index (χ1n) is 5.68. The number of halogens is 1. The fourth-order valence-corrected chi connectivity index (χ4v) is 3.43. The molecule has 2 atom stereocenters. The summed E-state index contributed by atoms with van der Waals surface area (Å²) in [5.41, 5.74) is 6.60. The lowest BCUT2D eigenvalue weighted by Gasteiger charge is -2.08. The Hall–Kier alpha value is -0.680. The smallest absolute Gasteiger partial charge is 0.123 e. The summed E-state index contributed by atoms with van der Waals surface area (Å²) in [4.78, 5) is 4.60. The molecule has 1 fully saturated rings. The zero-order valence-corrected chi connectivity index (χ0v) is 10.8. The van der Waals surface area contributed by atoms with Crippen molar-refractivity contribution in [3.63, 3.8) is 0 Å². The maximum Gasteiger partial charge on any atom is 0.123 e. The van der Waals surface area contributed by atoms with Gasteiger partial charge in [0.1, 0.15) is 11.1 Å². The minimum Gasteiger partial charge on any atom is -0.366 e. The van der Waals surface area contributed by atoms with Gasteiger partial charge < -0.3 is 10.5 Å². The maximum atomic E-state index is 5.96. The van der Waals surface area contributed by atoms with Gasteiger partial charge in [0.15, 0.2) is 0 Å². The Labute approximate surface area is 109 Å². The lowest BCUT2D eigenvalue weighted by Crippen LogP contribution is -2.18. The summed E-state index contributed by atoms with van der Waals surface area (Å²) >= 11 is 7.62. The second kappa shape index (κ2) is 4.53. The van der Waals surface area contributed by atoms with Gasteiger partial charge in [-0.3, -0.25) is 0 Å². The first-order chi connectivity index (χ1) is 8.26. The van der Waals surface area contributed by atoms with Crippen molar-refractivity contribution >= 4 is 33.2 Å². The summed E-state index contributed by atoms with van der Waals surface area (Å²) in [5.74, 6) is 0. The Morgan fingerprint density at radius 3 is 3.12 bits per heavy atom. The molecule has 1 aromatic carbocycles. The van der Waals surface area contributed by atoms with E-state index in [0.717, 1.165) is 33.1 Å². The van der Waals surface area contributed by atoms with Gasteiger partial charge >= 0.3 is 0 Å². The number of hydrogen-bond acceptors (Lipinski definition) is 4. The zero-order chi connectivity index (χ0) is 11.8. The highest BCUT2D eigenvalue weighted by atomic mass is 35.5. The molecule has 90 valence electrons. The molecule has 1 aliphatic heterocycles. The van der Waals surface area contributed by atoms with Crippen LogP contribution in [0.3, 0.4) is 0 Å². The molecule has 3 nitrogen and oxygen atoms in total. The molecule has 2 aromatic rings. The highest BCUT2D eigenvalue weighted by Crippen LogP contribution is 2.37. The minimum absolute atomic E-state index is 0.111. The lowest BCUT2D eigenvalue weighted by molar-refractivity contribution is 0.0498. The van der Waals surface area contributed by atoms with Gasteiger partial charge in [-0.2, -0.15) is 0 Å². The van der Waals surface area contributed by atoms with Gasteiger partial charge in [-0.15, -0.1) is 11.3 Å². The molecule has 3 rings (SSSR count). The largest absolute Gasteiger partial charge is 0.366 e. The van der Waals surface area contributed by atoms with Gasteiger partial charge in [0.25, 0.3) is 0 Å². The van der Waals surface area contributed by atoms with E-state index in [1.807, 2.05) is 18.2 Å². The van der Waals surface area contributed by atoms with E-state index in [1.54, 1.807) is 11.3 Å². The average Bonchev–Trinajstić information content (AvgIpc) is 2.93. The standard InChI is InChI=1S/C12H13ClN2OS/c13-7-1-3-9-11(5-7)17-12(15-9)10-4-2-8(6-14)16-10/h1,3,5,8,10H,2,4,6,14H2. The van der Waals surface area contributed by atoms with Crippen LogP contribution in [-0.4, -0.2) is 17.6 Å². The summed E-state index contributed by atoms with van der Waals surface area (Å²) in [6, 6.07) is 5.77. The molecule has 1 aromatic heterocycles. The van der Waals surface area contributed by atoms with Crippen molar-refractivity contribution in [2.45, 2.75) is 25.0 Å². The molecular weight excluding hydrogens is 256 g/mol. The van der Waals surface area contributed by atoms with E-state index < -0.39 is 0 Å². The van der Waals surface area contributed by atoms with E-state index in [2.05, 4.69) is 4.98 Å². The number of benzene rings is 1. The Kier molecular flexibility index (Phi) is 3.04. The molecule has 1 saturated heterocycles. The van der Waals surface area contributed by atoms with Crippen LogP contribution >= 0.6 is 22.9 Å². The van der Waals surface area contributed by atoms with Crippen molar-refractivity contribution in [1.82, 2.24) is 4.98 Å². The van der Waals surface area contributed by atoms with Crippen LogP contribution in [0.4, 0.5) is 0 Å². The van der Waals surface area contributed by atoms with Crippen LogP contribution in [-0.2, 0) is 4.74 Å². The summed E-state index contributed by atoms with van der Waals surface area (Å²) in [5, 5.41) is 1.79. The molecule has 5 heteroatoms. The van der Waals surface area contributed by atoms with Gasteiger partial charge in [0.2, 0.25) is 0 Å². The Balaban J connectivity index is 1.91. The van der Waals surface area contributed by atoms with Crippen LogP contribution in [0.25, 0.3) is 10.2 Å². The van der Waals surface area contributed by atoms with E-state index in [0.29, 0.717) is 6.54 Å². The summed E-state index contributed by atoms with van der Waals surface area (Å²) < 4.78 is 6.96. The third-order valence-corrected chi connectivity index (χ3v) is 4.36. The van der Waals surface area contributed by atoms with Crippen LogP contribution in [0, 0.1) is 0 Å². The van der Waals surface area contributed by atoms with Crippen LogP contribution in [0.1, 0.15) is 24.0 Å². The zero-order valence-electron chi connectivity index (χ0n) is 9.23. The fraction of sp³-hybridized carbons (Fsp3) is 0.417. The van der Waals surface area contributed by atoms with E-state index in [9.17, 15) is 0 Å². The highest BCUT2D eigenvalue weighted by molar-refractivity contribution is 7.18. The van der Waals surface area contributed by atoms with Crippen LogP contribution in [0.5, 0.6) is 0 Å². The predicted octanol–water partition coefficient (Wildman–Crippen LogP) is 3.13. The summed E-state index contributed by atoms with van der Waals surface area (Å²) in [6.45, 7) is 0.590. The van der Waals surface area contributed by atoms with Gasteiger partial charge in [-0.05, 0) is 31.0 Å². The molecule has 1 aliphatic rings. The monoisotopic (exact) mass is 268 g/mol. The summed E-state index contributed by atoms with van der Waals surface area (Å²) in [7, 11) is 0. The van der Waals surface area contributed by atoms with E-state index in [4.69, 9.17) is 22.1 Å². The number of fused-ring (bicyclic) bond motifs is 1. The molecular formula is C12H13ClN2OS. The molecule has 17 heavy (non-hydrogen) atoms. The molecule has 0 radical (unpaired) electrons. The minimum atomic E-state index is 0.111. The first kappa shape index (κ1) is 11.4. The number of hydrogen-bond donors (Lipinski definition) is 1. The van der Waals surface area contributed by atoms with Crippen molar-refractivity contribution in [3.05, 3.63) is 28.2 Å². The molecule has 2 N–H and O–H groups in total. The second-order valence-electron chi connectivity index (χ2n) is 4.22. The van der Waals surface area contributed by atoms with Crippen molar-refractivity contribution in [1.29, 1.82) is 0 Å². The van der Waals surface area contributed by atoms with E-state index in [-0.39, 0.29) is 12.2 Å². The van der Waals surface area contributed by atoms with Crippen molar-refractivity contribution in [2.24, 2.45) is 5.73 Å². The third-order valence-electron chi connectivity index (χ3n) is 3.01. The predicted molar refractivity (Wildman–Crippen MR) is 70.5 cm³/mol. The van der Waals surface area contributed by atoms with Gasteiger partial charge in [-0.25, -0.2) is 4.98 Å². The second-order valence-corrected chi connectivity index (χ2v) is 5.72. The van der Waals surface area contributed by atoms with Crippen LogP contribution < -0.4 is 5.73 Å². The molecule has 0 saturated carbocycles. The number of aromatic nitrogens is 1. The highest BCUT2D eigenvalue weighted by Gasteiger charge is 2.27. The third kappa shape index (κ3) is 2.18. The van der Waals surface area contributed by atoms with Gasteiger partial charge in [-0.1, -0.05) is 11.6 Å². The number of thiazole rings is 1. The molecule has 2 unspecified atom stereocenters. The van der Waals surface area contributed by atoms with Crippen LogP contribution in [0.15, 0.2) is 18.2 Å². The van der Waals surface area contributed by atoms with Crippen molar-refractivity contribution < 1.29 is 4.74 Å². The quantitative estimate of drug-likeness (QED) is 0.910. The topological polar surface area (TPSA) is 48.1 Å².